The molecule has 1 saturated heterocycles. The second kappa shape index (κ2) is 10.1. The van der Waals surface area contributed by atoms with Crippen LogP contribution in [0, 0.1) is 0 Å². The van der Waals surface area contributed by atoms with Crippen molar-refractivity contribution in [2.75, 3.05) is 13.1 Å². The number of piperidine rings is 1. The number of carbonyl (C=O) groups excluding carboxylic acids is 1. The van der Waals surface area contributed by atoms with Crippen LogP contribution < -0.4 is 5.56 Å². The Kier molecular flexibility index (Phi) is 6.66. The fourth-order valence-corrected chi connectivity index (χ4v) is 6.92. The van der Waals surface area contributed by atoms with E-state index < -0.39 is 5.60 Å². The quantitative estimate of drug-likeness (QED) is 0.376. The van der Waals surface area contributed by atoms with E-state index in [1.807, 2.05) is 28.5 Å². The van der Waals surface area contributed by atoms with Gasteiger partial charge in [0.05, 0.1) is 34.3 Å². The van der Waals surface area contributed by atoms with Gasteiger partial charge in [-0.05, 0) is 66.3 Å². The van der Waals surface area contributed by atoms with Crippen LogP contribution in [0.5, 0.6) is 0 Å². The number of benzene rings is 2. The first kappa shape index (κ1) is 25.0. The van der Waals surface area contributed by atoms with Crippen molar-refractivity contribution in [1.82, 2.24) is 14.5 Å². The molecule has 6 rings (SSSR count). The lowest BCUT2D eigenvalue weighted by Crippen LogP contribution is -2.49. The Balaban J connectivity index is 1.13. The third-order valence-electron chi connectivity index (χ3n) is 8.30. The first-order valence-electron chi connectivity index (χ1n) is 13.5. The fourth-order valence-electron chi connectivity index (χ4n) is 5.93. The Morgan fingerprint density at radius 3 is 2.66 bits per heavy atom. The summed E-state index contributed by atoms with van der Waals surface area (Å²) in [5.74, 6) is 0.259. The number of fused-ring (bicyclic) bond motifs is 2. The topological polar surface area (TPSA) is 75.4 Å². The number of aryl methyl sites for hydroxylation is 2. The lowest BCUT2D eigenvalue weighted by Gasteiger charge is -2.38. The molecule has 2 aromatic carbocycles. The van der Waals surface area contributed by atoms with Gasteiger partial charge >= 0.3 is 0 Å². The predicted octanol–water partition coefficient (Wildman–Crippen LogP) is 5.16. The molecule has 4 aromatic rings. The zero-order valence-corrected chi connectivity index (χ0v) is 22.5. The molecule has 38 heavy (non-hydrogen) atoms. The molecule has 1 N–H and O–H groups in total. The monoisotopic (exact) mass is 527 g/mol. The van der Waals surface area contributed by atoms with Crippen LogP contribution in [0.3, 0.4) is 0 Å². The molecule has 2 aromatic heterocycles. The van der Waals surface area contributed by atoms with Crippen molar-refractivity contribution in [1.29, 1.82) is 0 Å². The van der Waals surface area contributed by atoms with Crippen molar-refractivity contribution in [3.63, 3.8) is 0 Å². The highest BCUT2D eigenvalue weighted by atomic mass is 32.1. The van der Waals surface area contributed by atoms with Gasteiger partial charge in [0.15, 0.2) is 0 Å². The number of carbonyl (C=O) groups is 1. The Morgan fingerprint density at radius 2 is 1.87 bits per heavy atom. The van der Waals surface area contributed by atoms with E-state index in [0.717, 1.165) is 34.4 Å². The average Bonchev–Trinajstić information content (AvgIpc) is 3.58. The molecule has 0 saturated carbocycles. The highest BCUT2D eigenvalue weighted by Gasteiger charge is 2.35. The van der Waals surface area contributed by atoms with Crippen LogP contribution in [0.1, 0.15) is 55.2 Å². The van der Waals surface area contributed by atoms with Gasteiger partial charge < -0.3 is 10.0 Å². The van der Waals surface area contributed by atoms with E-state index in [1.54, 1.807) is 17.7 Å². The summed E-state index contributed by atoms with van der Waals surface area (Å²) < 4.78 is 1.54. The molecule has 0 bridgehead atoms. The van der Waals surface area contributed by atoms with Crippen molar-refractivity contribution in [2.24, 2.45) is 0 Å². The van der Waals surface area contributed by atoms with Gasteiger partial charge in [-0.3, -0.25) is 14.2 Å². The molecule has 1 aliphatic carbocycles. The third-order valence-corrected chi connectivity index (χ3v) is 9.32. The Labute approximate surface area is 226 Å². The molecular formula is C31H33N3O3S. The molecule has 0 spiro atoms. The minimum absolute atomic E-state index is 0.112. The number of hydrogen-bond acceptors (Lipinski definition) is 5. The summed E-state index contributed by atoms with van der Waals surface area (Å²) in [5, 5.41) is 13.8. The summed E-state index contributed by atoms with van der Waals surface area (Å²) in [5.41, 5.74) is 4.67. The van der Waals surface area contributed by atoms with Crippen LogP contribution in [0.25, 0.3) is 21.3 Å². The number of aliphatic hydroxyl groups is 1. The second-order valence-electron chi connectivity index (χ2n) is 11.0. The Bertz CT molecular complexity index is 1530. The SMILES string of the molecule is C[C@H](CC(=O)N1CCC(O)(Cn2cnc3c(-c4ccc5c(c4)CCC5)scc3c2=O)CC1)c1ccccc1. The predicted molar refractivity (Wildman–Crippen MR) is 152 cm³/mol. The van der Waals surface area contributed by atoms with E-state index in [4.69, 9.17) is 0 Å². The average molecular weight is 528 g/mol. The van der Waals surface area contributed by atoms with Crippen molar-refractivity contribution >= 4 is 28.1 Å². The number of amides is 1. The molecular weight excluding hydrogens is 494 g/mol. The molecule has 196 valence electrons. The summed E-state index contributed by atoms with van der Waals surface area (Å²) in [6, 6.07) is 16.7. The third kappa shape index (κ3) is 4.81. The molecule has 1 fully saturated rings. The number of likely N-dealkylation sites (tertiary alicyclic amines) is 1. The standard InChI is InChI=1S/C31H33N3O3S/c1-21(22-6-3-2-4-7-22)16-27(35)33-14-12-31(37,13-15-33)19-34-20-32-28-26(30(34)36)18-38-29(28)25-11-10-23-8-5-9-24(23)17-25/h2-4,6-7,10-11,17-18,20-21,37H,5,8-9,12-16,19H2,1H3/t21-/m1/s1. The van der Waals surface area contributed by atoms with Crippen molar-refractivity contribution in [2.45, 2.75) is 63.5 Å². The first-order valence-corrected chi connectivity index (χ1v) is 14.4. The largest absolute Gasteiger partial charge is 0.388 e. The Morgan fingerprint density at radius 1 is 1.11 bits per heavy atom. The number of nitrogens with zero attached hydrogens (tertiary/aromatic N) is 3. The number of aromatic nitrogens is 2. The smallest absolute Gasteiger partial charge is 0.262 e. The van der Waals surface area contributed by atoms with Crippen LogP contribution in [0.15, 0.2) is 65.0 Å². The highest BCUT2D eigenvalue weighted by molar-refractivity contribution is 7.15. The highest BCUT2D eigenvalue weighted by Crippen LogP contribution is 2.35. The second-order valence-corrected chi connectivity index (χ2v) is 11.8. The summed E-state index contributed by atoms with van der Waals surface area (Å²) >= 11 is 1.55. The van der Waals surface area contributed by atoms with Gasteiger partial charge in [-0.2, -0.15) is 0 Å². The normalized spacial score (nSPS) is 17.5. The zero-order valence-electron chi connectivity index (χ0n) is 21.7. The van der Waals surface area contributed by atoms with E-state index in [1.165, 1.54) is 22.1 Å². The molecule has 0 radical (unpaired) electrons. The van der Waals surface area contributed by atoms with Crippen LogP contribution in [0.4, 0.5) is 0 Å². The van der Waals surface area contributed by atoms with Gasteiger partial charge in [-0.25, -0.2) is 4.98 Å². The van der Waals surface area contributed by atoms with Gasteiger partial charge in [0, 0.05) is 24.9 Å². The summed E-state index contributed by atoms with van der Waals surface area (Å²) in [6.07, 6.45) is 6.36. The van der Waals surface area contributed by atoms with Crippen LogP contribution in [-0.4, -0.2) is 44.2 Å². The summed E-state index contributed by atoms with van der Waals surface area (Å²) in [7, 11) is 0. The van der Waals surface area contributed by atoms with Crippen LogP contribution in [0.2, 0.25) is 0 Å². The van der Waals surface area contributed by atoms with Gasteiger partial charge in [-0.15, -0.1) is 11.3 Å². The van der Waals surface area contributed by atoms with E-state index in [-0.39, 0.29) is 23.9 Å². The summed E-state index contributed by atoms with van der Waals surface area (Å²) in [4.78, 5) is 33.8. The van der Waals surface area contributed by atoms with Crippen LogP contribution >= 0.6 is 11.3 Å². The van der Waals surface area contributed by atoms with Crippen molar-refractivity contribution < 1.29 is 9.90 Å². The van der Waals surface area contributed by atoms with Gasteiger partial charge in [0.2, 0.25) is 5.91 Å². The fraction of sp³-hybridized carbons (Fsp3) is 0.387. The Hall–Kier alpha value is -3.29. The molecule has 1 amide bonds. The minimum Gasteiger partial charge on any atom is -0.388 e. The van der Waals surface area contributed by atoms with E-state index in [9.17, 15) is 14.7 Å². The van der Waals surface area contributed by atoms with Crippen molar-refractivity contribution in [3.8, 4) is 10.4 Å². The molecule has 7 heteroatoms. The number of rotatable bonds is 6. The molecule has 1 atom stereocenters. The van der Waals surface area contributed by atoms with Gasteiger partial charge in [0.1, 0.15) is 0 Å². The first-order chi connectivity index (χ1) is 18.4. The minimum atomic E-state index is -1.04. The van der Waals surface area contributed by atoms with Gasteiger partial charge in [-0.1, -0.05) is 49.4 Å². The zero-order chi connectivity index (χ0) is 26.3. The maximum Gasteiger partial charge on any atom is 0.262 e. The van der Waals surface area contributed by atoms with E-state index in [2.05, 4.69) is 42.2 Å². The number of thiophene rings is 1. The molecule has 0 unspecified atom stereocenters. The summed E-state index contributed by atoms with van der Waals surface area (Å²) in [6.45, 7) is 3.23. The molecule has 2 aliphatic rings. The lowest BCUT2D eigenvalue weighted by atomic mass is 9.90. The van der Waals surface area contributed by atoms with Crippen molar-refractivity contribution in [3.05, 3.63) is 87.3 Å². The van der Waals surface area contributed by atoms with Crippen LogP contribution in [-0.2, 0) is 24.2 Å². The number of hydrogen-bond donors (Lipinski definition) is 1. The molecule has 6 nitrogen and oxygen atoms in total. The van der Waals surface area contributed by atoms with E-state index >= 15 is 0 Å². The van der Waals surface area contributed by atoms with Gasteiger partial charge in [0.25, 0.3) is 5.56 Å². The maximum atomic E-state index is 13.4. The lowest BCUT2D eigenvalue weighted by molar-refractivity contribution is -0.136. The molecule has 3 heterocycles. The maximum absolute atomic E-state index is 13.4. The van der Waals surface area contributed by atoms with E-state index in [0.29, 0.717) is 37.7 Å². The molecule has 1 aliphatic heterocycles.